The Morgan fingerprint density at radius 2 is 1.94 bits per heavy atom. The van der Waals surface area contributed by atoms with E-state index in [0.717, 1.165) is 22.8 Å². The topological polar surface area (TPSA) is 9.23 Å². The van der Waals surface area contributed by atoms with Crippen molar-refractivity contribution in [1.82, 2.24) is 0 Å². The van der Waals surface area contributed by atoms with Crippen LogP contribution in [0, 0.1) is 0 Å². The molecule has 18 heavy (non-hydrogen) atoms. The van der Waals surface area contributed by atoms with Crippen LogP contribution in [0.15, 0.2) is 48.5 Å². The Morgan fingerprint density at radius 1 is 1.17 bits per heavy atom. The van der Waals surface area contributed by atoms with E-state index in [2.05, 4.69) is 28.1 Å². The second kappa shape index (κ2) is 6.26. The van der Waals surface area contributed by atoms with Crippen molar-refractivity contribution in [3.05, 3.63) is 64.7 Å². The van der Waals surface area contributed by atoms with Gasteiger partial charge in [0.1, 0.15) is 5.75 Å². The quantitative estimate of drug-likeness (QED) is 0.717. The van der Waals surface area contributed by atoms with Crippen molar-refractivity contribution in [2.45, 2.75) is 11.2 Å². The van der Waals surface area contributed by atoms with Crippen molar-refractivity contribution in [1.29, 1.82) is 0 Å². The van der Waals surface area contributed by atoms with Crippen LogP contribution in [0.5, 0.6) is 5.75 Å². The lowest BCUT2D eigenvalue weighted by Gasteiger charge is -2.12. The predicted octanol–water partition coefficient (Wildman–Crippen LogP) is 5.03. The molecule has 2 aromatic rings. The van der Waals surface area contributed by atoms with E-state index >= 15 is 0 Å². The van der Waals surface area contributed by atoms with Crippen LogP contribution in [-0.4, -0.2) is 7.11 Å². The smallest absolute Gasteiger partial charge is 0.119 e. The third-order valence-corrected chi connectivity index (χ3v) is 4.03. The molecule has 0 fully saturated rings. The normalized spacial score (nSPS) is 12.2. The zero-order chi connectivity index (χ0) is 13.0. The first-order valence-corrected chi connectivity index (χ1v) is 7.01. The van der Waals surface area contributed by atoms with E-state index in [0.29, 0.717) is 0 Å². The third kappa shape index (κ3) is 3.27. The van der Waals surface area contributed by atoms with Gasteiger partial charge in [-0.2, -0.15) is 0 Å². The minimum atomic E-state index is 0.229. The lowest BCUT2D eigenvalue weighted by molar-refractivity contribution is 0.414. The first kappa shape index (κ1) is 13.4. The van der Waals surface area contributed by atoms with Crippen LogP contribution in [0.25, 0.3) is 0 Å². The zero-order valence-electron chi connectivity index (χ0n) is 10.1. The lowest BCUT2D eigenvalue weighted by atomic mass is 10.0. The molecule has 0 radical (unpaired) electrons. The Hall–Kier alpha value is -0.990. The number of hydrogen-bond acceptors (Lipinski definition) is 1. The molecule has 0 N–H and O–H groups in total. The first-order valence-electron chi connectivity index (χ1n) is 5.72. The lowest BCUT2D eigenvalue weighted by Crippen LogP contribution is -1.96. The van der Waals surface area contributed by atoms with Gasteiger partial charge < -0.3 is 4.74 Å². The standard InChI is InChI=1S/C15H14BrClO/c1-18-13-7-4-6-11(9-13)14(16)10-12-5-2-3-8-15(12)17/h2-9,14H,10H2,1H3. The van der Waals surface area contributed by atoms with Crippen molar-refractivity contribution in [3.8, 4) is 5.75 Å². The van der Waals surface area contributed by atoms with Gasteiger partial charge in [-0.25, -0.2) is 0 Å². The van der Waals surface area contributed by atoms with Gasteiger partial charge in [0.25, 0.3) is 0 Å². The molecule has 0 saturated carbocycles. The average Bonchev–Trinajstić information content (AvgIpc) is 2.41. The Kier molecular flexibility index (Phi) is 4.67. The van der Waals surface area contributed by atoms with Gasteiger partial charge in [-0.05, 0) is 35.7 Å². The highest BCUT2D eigenvalue weighted by Gasteiger charge is 2.11. The molecule has 0 aliphatic heterocycles. The summed E-state index contributed by atoms with van der Waals surface area (Å²) in [4.78, 5) is 0.229. The Morgan fingerprint density at radius 3 is 2.67 bits per heavy atom. The van der Waals surface area contributed by atoms with Gasteiger partial charge in [-0.1, -0.05) is 57.9 Å². The van der Waals surface area contributed by atoms with Crippen molar-refractivity contribution >= 4 is 27.5 Å². The maximum Gasteiger partial charge on any atom is 0.119 e. The summed E-state index contributed by atoms with van der Waals surface area (Å²) in [5.41, 5.74) is 2.33. The van der Waals surface area contributed by atoms with Crippen molar-refractivity contribution in [2.75, 3.05) is 7.11 Å². The molecule has 0 spiro atoms. The van der Waals surface area contributed by atoms with Gasteiger partial charge in [-0.3, -0.25) is 0 Å². The van der Waals surface area contributed by atoms with Crippen molar-refractivity contribution in [2.24, 2.45) is 0 Å². The van der Waals surface area contributed by atoms with Gasteiger partial charge in [0.15, 0.2) is 0 Å². The highest BCUT2D eigenvalue weighted by molar-refractivity contribution is 9.09. The Balaban J connectivity index is 2.16. The van der Waals surface area contributed by atoms with Gasteiger partial charge in [0, 0.05) is 9.85 Å². The summed E-state index contributed by atoms with van der Waals surface area (Å²) in [5.74, 6) is 0.871. The summed E-state index contributed by atoms with van der Waals surface area (Å²) in [6.07, 6.45) is 0.854. The second-order valence-corrected chi connectivity index (χ2v) is 5.55. The minimum Gasteiger partial charge on any atom is -0.497 e. The van der Waals surface area contributed by atoms with E-state index in [9.17, 15) is 0 Å². The molecule has 1 unspecified atom stereocenters. The highest BCUT2D eigenvalue weighted by atomic mass is 79.9. The molecule has 2 aromatic carbocycles. The van der Waals surface area contributed by atoms with Crippen LogP contribution in [0.3, 0.4) is 0 Å². The second-order valence-electron chi connectivity index (χ2n) is 4.04. The molecule has 3 heteroatoms. The average molecular weight is 326 g/mol. The van der Waals surface area contributed by atoms with E-state index in [4.69, 9.17) is 16.3 Å². The molecular formula is C15H14BrClO. The van der Waals surface area contributed by atoms with E-state index in [1.165, 1.54) is 5.56 Å². The zero-order valence-corrected chi connectivity index (χ0v) is 12.4. The SMILES string of the molecule is COc1cccc(C(Br)Cc2ccccc2Cl)c1. The molecule has 0 heterocycles. The fraction of sp³-hybridized carbons (Fsp3) is 0.200. The molecule has 1 nitrogen and oxygen atoms in total. The molecule has 0 bridgehead atoms. The Labute approximate surface area is 121 Å². The summed E-state index contributed by atoms with van der Waals surface area (Å²) in [7, 11) is 1.68. The number of halogens is 2. The molecule has 1 atom stereocenters. The molecule has 0 aliphatic rings. The van der Waals surface area contributed by atoms with Gasteiger partial charge in [0.2, 0.25) is 0 Å². The monoisotopic (exact) mass is 324 g/mol. The van der Waals surface area contributed by atoms with E-state index in [1.54, 1.807) is 7.11 Å². The van der Waals surface area contributed by atoms with E-state index in [-0.39, 0.29) is 4.83 Å². The molecule has 0 aliphatic carbocycles. The Bertz CT molecular complexity index is 527. The fourth-order valence-electron chi connectivity index (χ4n) is 1.81. The molecular weight excluding hydrogens is 312 g/mol. The first-order chi connectivity index (χ1) is 8.70. The van der Waals surface area contributed by atoms with Crippen LogP contribution in [0.2, 0.25) is 5.02 Å². The van der Waals surface area contributed by atoms with Crippen LogP contribution in [0.1, 0.15) is 16.0 Å². The van der Waals surface area contributed by atoms with Gasteiger partial charge >= 0.3 is 0 Å². The summed E-state index contributed by atoms with van der Waals surface area (Å²) in [6, 6.07) is 16.0. The largest absolute Gasteiger partial charge is 0.497 e. The summed E-state index contributed by atoms with van der Waals surface area (Å²) < 4.78 is 5.23. The maximum atomic E-state index is 6.17. The predicted molar refractivity (Wildman–Crippen MR) is 79.8 cm³/mol. The van der Waals surface area contributed by atoms with Crippen molar-refractivity contribution < 1.29 is 4.74 Å². The van der Waals surface area contributed by atoms with Crippen LogP contribution < -0.4 is 4.74 Å². The highest BCUT2D eigenvalue weighted by Crippen LogP contribution is 2.31. The fourth-order valence-corrected chi connectivity index (χ4v) is 2.66. The maximum absolute atomic E-state index is 6.17. The van der Waals surface area contributed by atoms with Crippen molar-refractivity contribution in [3.63, 3.8) is 0 Å². The molecule has 94 valence electrons. The number of rotatable bonds is 4. The summed E-state index contributed by atoms with van der Waals surface area (Å²) in [5, 5.41) is 0.810. The number of benzene rings is 2. The number of hydrogen-bond donors (Lipinski definition) is 0. The molecule has 0 amide bonds. The van der Waals surface area contributed by atoms with Crippen LogP contribution in [-0.2, 0) is 6.42 Å². The number of ether oxygens (including phenoxy) is 1. The van der Waals surface area contributed by atoms with E-state index in [1.807, 2.05) is 36.4 Å². The molecule has 0 aromatic heterocycles. The van der Waals surface area contributed by atoms with Gasteiger partial charge in [-0.15, -0.1) is 0 Å². The number of alkyl halides is 1. The molecule has 2 rings (SSSR count). The number of methoxy groups -OCH3 is 1. The summed E-state index contributed by atoms with van der Waals surface area (Å²) >= 11 is 9.87. The minimum absolute atomic E-state index is 0.229. The van der Waals surface area contributed by atoms with Gasteiger partial charge in [0.05, 0.1) is 7.11 Å². The third-order valence-electron chi connectivity index (χ3n) is 2.81. The van der Waals surface area contributed by atoms with Crippen LogP contribution >= 0.6 is 27.5 Å². The van der Waals surface area contributed by atoms with E-state index < -0.39 is 0 Å². The molecule has 0 saturated heterocycles. The van der Waals surface area contributed by atoms with Crippen LogP contribution in [0.4, 0.5) is 0 Å². The summed E-state index contributed by atoms with van der Waals surface area (Å²) in [6.45, 7) is 0.